The Bertz CT molecular complexity index is 1050. The van der Waals surface area contributed by atoms with E-state index in [0.717, 1.165) is 38.8 Å². The topological polar surface area (TPSA) is 63.7 Å². The van der Waals surface area contributed by atoms with Gasteiger partial charge in [-0.05, 0) is 54.6 Å². The van der Waals surface area contributed by atoms with Gasteiger partial charge in [-0.15, -0.1) is 23.1 Å². The Morgan fingerprint density at radius 2 is 1.73 bits per heavy atom. The molecule has 1 saturated heterocycles. The lowest BCUT2D eigenvalue weighted by molar-refractivity contribution is 0.0831. The Hall–Kier alpha value is -2.97. The van der Waals surface area contributed by atoms with Gasteiger partial charge in [0, 0.05) is 28.9 Å². The summed E-state index contributed by atoms with van der Waals surface area (Å²) in [5, 5.41) is 6.98. The normalized spacial score (nSPS) is 14.7. The molecule has 3 aromatic rings. The number of methoxy groups -OCH3 is 2. The number of amides is 1. The van der Waals surface area contributed by atoms with Gasteiger partial charge in [0.25, 0.3) is 5.91 Å². The fourth-order valence-corrected chi connectivity index (χ4v) is 4.68. The molecule has 4 rings (SSSR count). The van der Waals surface area contributed by atoms with Crippen LogP contribution in [0.5, 0.6) is 11.5 Å². The lowest BCUT2D eigenvalue weighted by Crippen LogP contribution is -2.26. The summed E-state index contributed by atoms with van der Waals surface area (Å²) in [5.41, 5.74) is 2.41. The zero-order valence-corrected chi connectivity index (χ0v) is 18.3. The summed E-state index contributed by atoms with van der Waals surface area (Å²) >= 11 is 3.19. The number of carbonyl (C=O) groups is 1. The summed E-state index contributed by atoms with van der Waals surface area (Å²) in [6.45, 7) is 0.683. The van der Waals surface area contributed by atoms with Gasteiger partial charge in [-0.1, -0.05) is 0 Å². The number of anilines is 2. The Morgan fingerprint density at radius 3 is 2.40 bits per heavy atom. The van der Waals surface area contributed by atoms with Gasteiger partial charge in [0.2, 0.25) is 0 Å². The first kappa shape index (κ1) is 20.3. The summed E-state index contributed by atoms with van der Waals surface area (Å²) < 4.78 is 10.4. The van der Waals surface area contributed by atoms with Crippen molar-refractivity contribution in [2.24, 2.45) is 0 Å². The van der Waals surface area contributed by atoms with Gasteiger partial charge in [0.1, 0.15) is 11.5 Å². The van der Waals surface area contributed by atoms with Gasteiger partial charge >= 0.3 is 0 Å². The second-order valence-corrected chi connectivity index (χ2v) is 8.42. The molecule has 2 heterocycles. The van der Waals surface area contributed by atoms with Gasteiger partial charge < -0.3 is 19.7 Å². The number of thioether (sulfide) groups is 1. The third-order valence-corrected chi connectivity index (χ3v) is 6.34. The highest BCUT2D eigenvalue weighted by molar-refractivity contribution is 8.03. The third kappa shape index (κ3) is 4.60. The molecule has 1 N–H and O–H groups in total. The quantitative estimate of drug-likeness (QED) is 0.577. The summed E-state index contributed by atoms with van der Waals surface area (Å²) in [6.07, 6.45) is 1.97. The molecule has 1 aromatic heterocycles. The number of carbonyl (C=O) groups excluding carboxylic acids is 1. The first-order valence-electron chi connectivity index (χ1n) is 9.33. The molecular weight excluding hydrogens is 418 g/mol. The molecule has 0 bridgehead atoms. The van der Waals surface area contributed by atoms with E-state index in [1.807, 2.05) is 40.6 Å². The molecule has 0 saturated carbocycles. The number of benzene rings is 2. The summed E-state index contributed by atoms with van der Waals surface area (Å²) in [4.78, 5) is 19.4. The van der Waals surface area contributed by atoms with Gasteiger partial charge in [-0.3, -0.25) is 4.79 Å². The lowest BCUT2D eigenvalue weighted by Gasteiger charge is -2.17. The van der Waals surface area contributed by atoms with E-state index < -0.39 is 0 Å². The summed E-state index contributed by atoms with van der Waals surface area (Å²) in [5.74, 6) is 2.40. The van der Waals surface area contributed by atoms with Crippen molar-refractivity contribution in [3.05, 3.63) is 70.2 Å². The minimum atomic E-state index is -0.0132. The zero-order chi connectivity index (χ0) is 20.9. The maximum absolute atomic E-state index is 12.9. The standard InChI is InChI=1S/C22H21N3O3S2/c1-27-18-7-3-15(4-8-18)21(26)25-11-12-29-20(25)13-17-14-30-22(24-17)23-16-5-9-19(28-2)10-6-16/h3-10,13-14H,11-12H2,1-2H3,(H,23,24)/b20-13+. The monoisotopic (exact) mass is 439 g/mol. The minimum absolute atomic E-state index is 0.0132. The van der Waals surface area contributed by atoms with E-state index in [9.17, 15) is 4.79 Å². The van der Waals surface area contributed by atoms with E-state index in [-0.39, 0.29) is 5.91 Å². The van der Waals surface area contributed by atoms with E-state index >= 15 is 0 Å². The average Bonchev–Trinajstić information content (AvgIpc) is 3.43. The van der Waals surface area contributed by atoms with Gasteiger partial charge in [0.05, 0.1) is 24.9 Å². The van der Waals surface area contributed by atoms with E-state index in [1.165, 1.54) is 11.3 Å². The molecule has 2 aromatic carbocycles. The lowest BCUT2D eigenvalue weighted by atomic mass is 10.2. The van der Waals surface area contributed by atoms with Crippen molar-refractivity contribution in [2.45, 2.75) is 0 Å². The molecule has 8 heteroatoms. The molecule has 1 fully saturated rings. The minimum Gasteiger partial charge on any atom is -0.497 e. The fraction of sp³-hybridized carbons (Fsp3) is 0.182. The predicted molar refractivity (Wildman–Crippen MR) is 123 cm³/mol. The molecule has 0 radical (unpaired) electrons. The van der Waals surface area contributed by atoms with Crippen molar-refractivity contribution in [3.63, 3.8) is 0 Å². The van der Waals surface area contributed by atoms with Crippen LogP contribution in [-0.4, -0.2) is 42.3 Å². The van der Waals surface area contributed by atoms with Crippen molar-refractivity contribution in [1.82, 2.24) is 9.88 Å². The van der Waals surface area contributed by atoms with Crippen LogP contribution < -0.4 is 14.8 Å². The summed E-state index contributed by atoms with van der Waals surface area (Å²) in [6, 6.07) is 14.9. The van der Waals surface area contributed by atoms with Gasteiger partial charge in [-0.2, -0.15) is 0 Å². The van der Waals surface area contributed by atoms with Crippen LogP contribution in [0.2, 0.25) is 0 Å². The molecule has 0 unspecified atom stereocenters. The summed E-state index contributed by atoms with van der Waals surface area (Å²) in [7, 11) is 3.26. The largest absolute Gasteiger partial charge is 0.497 e. The number of nitrogens with zero attached hydrogens (tertiary/aromatic N) is 2. The number of thiazole rings is 1. The highest BCUT2D eigenvalue weighted by atomic mass is 32.2. The molecule has 0 spiro atoms. The average molecular weight is 440 g/mol. The van der Waals surface area contributed by atoms with E-state index in [1.54, 1.807) is 50.2 Å². The number of rotatable bonds is 6. The van der Waals surface area contributed by atoms with Crippen LogP contribution in [-0.2, 0) is 0 Å². The van der Waals surface area contributed by atoms with Gasteiger partial charge in [-0.25, -0.2) is 4.98 Å². The predicted octanol–water partition coefficient (Wildman–Crippen LogP) is 5.09. The highest BCUT2D eigenvalue weighted by Gasteiger charge is 2.25. The molecule has 6 nitrogen and oxygen atoms in total. The van der Waals surface area contributed by atoms with Crippen molar-refractivity contribution in [1.29, 1.82) is 0 Å². The zero-order valence-electron chi connectivity index (χ0n) is 16.6. The van der Waals surface area contributed by atoms with Crippen molar-refractivity contribution < 1.29 is 14.3 Å². The smallest absolute Gasteiger partial charge is 0.258 e. The highest BCUT2D eigenvalue weighted by Crippen LogP contribution is 2.32. The number of nitrogens with one attached hydrogen (secondary N) is 1. The van der Waals surface area contributed by atoms with E-state index in [2.05, 4.69) is 10.3 Å². The molecular formula is C22H21N3O3S2. The van der Waals surface area contributed by atoms with Crippen LogP contribution in [0.4, 0.5) is 10.8 Å². The Morgan fingerprint density at radius 1 is 1.07 bits per heavy atom. The van der Waals surface area contributed by atoms with Crippen LogP contribution in [0.3, 0.4) is 0 Å². The second-order valence-electron chi connectivity index (χ2n) is 6.45. The fourth-order valence-electron chi connectivity index (χ4n) is 2.97. The van der Waals surface area contributed by atoms with Crippen LogP contribution in [0.25, 0.3) is 6.08 Å². The van der Waals surface area contributed by atoms with Crippen LogP contribution in [0.15, 0.2) is 58.9 Å². The molecule has 1 aliphatic heterocycles. The molecule has 0 atom stereocenters. The molecule has 1 aliphatic rings. The molecule has 1 amide bonds. The van der Waals surface area contributed by atoms with Gasteiger partial charge in [0.15, 0.2) is 5.13 Å². The van der Waals surface area contributed by atoms with Crippen molar-refractivity contribution in [3.8, 4) is 11.5 Å². The number of ether oxygens (including phenoxy) is 2. The maximum Gasteiger partial charge on any atom is 0.258 e. The second kappa shape index (κ2) is 9.23. The van der Waals surface area contributed by atoms with E-state index in [0.29, 0.717) is 12.1 Å². The molecule has 0 aliphatic carbocycles. The Kier molecular flexibility index (Phi) is 6.25. The van der Waals surface area contributed by atoms with Crippen LogP contribution >= 0.6 is 23.1 Å². The number of aromatic nitrogens is 1. The van der Waals surface area contributed by atoms with Crippen molar-refractivity contribution in [2.75, 3.05) is 31.8 Å². The first-order valence-corrected chi connectivity index (χ1v) is 11.2. The number of hydrogen-bond acceptors (Lipinski definition) is 7. The van der Waals surface area contributed by atoms with Crippen LogP contribution in [0, 0.1) is 0 Å². The molecule has 30 heavy (non-hydrogen) atoms. The van der Waals surface area contributed by atoms with Crippen LogP contribution in [0.1, 0.15) is 16.1 Å². The number of hydrogen-bond donors (Lipinski definition) is 1. The Labute approximate surface area is 183 Å². The SMILES string of the molecule is COc1ccc(Nc2nc(/C=C3/SCCN3C(=O)c3ccc(OC)cc3)cs2)cc1. The van der Waals surface area contributed by atoms with E-state index in [4.69, 9.17) is 9.47 Å². The first-order chi connectivity index (χ1) is 14.7. The maximum atomic E-state index is 12.9. The van der Waals surface area contributed by atoms with Crippen molar-refractivity contribution >= 4 is 45.9 Å². The Balaban J connectivity index is 1.47. The third-order valence-electron chi connectivity index (χ3n) is 4.55. The molecule has 154 valence electrons.